The van der Waals surface area contributed by atoms with Crippen molar-refractivity contribution in [2.24, 2.45) is 0 Å². The van der Waals surface area contributed by atoms with Crippen molar-refractivity contribution in [3.63, 3.8) is 0 Å². The number of hydrogen-bond donors (Lipinski definition) is 2. The lowest BCUT2D eigenvalue weighted by Gasteiger charge is -2.15. The molecule has 0 radical (unpaired) electrons. The second kappa shape index (κ2) is 10.4. The van der Waals surface area contributed by atoms with E-state index in [2.05, 4.69) is 14.8 Å². The predicted molar refractivity (Wildman–Crippen MR) is 113 cm³/mol. The summed E-state index contributed by atoms with van der Waals surface area (Å²) in [4.78, 5) is 11.7. The van der Waals surface area contributed by atoms with Gasteiger partial charge < -0.3 is 24.3 Å². The second-order valence-corrected chi connectivity index (χ2v) is 8.07. The van der Waals surface area contributed by atoms with Gasteiger partial charge in [-0.1, -0.05) is 11.6 Å². The third-order valence-corrected chi connectivity index (χ3v) is 5.70. The highest BCUT2D eigenvalue weighted by atomic mass is 35.5. The molecule has 9 nitrogen and oxygen atoms in total. The number of carbonyl (C=O) groups is 1. The zero-order chi connectivity index (χ0) is 22.3. The maximum Gasteiger partial charge on any atom is 0.341 e. The number of sulfonamides is 1. The summed E-state index contributed by atoms with van der Waals surface area (Å²) >= 11 is 5.99. The Bertz CT molecular complexity index is 990. The summed E-state index contributed by atoms with van der Waals surface area (Å²) < 4.78 is 48.2. The van der Waals surface area contributed by atoms with Crippen LogP contribution in [0.3, 0.4) is 0 Å². The summed E-state index contributed by atoms with van der Waals surface area (Å²) in [6, 6.07) is 7.70. The van der Waals surface area contributed by atoms with E-state index in [-0.39, 0.29) is 34.3 Å². The van der Waals surface area contributed by atoms with Gasteiger partial charge in [0.25, 0.3) is 0 Å². The predicted octanol–water partition coefficient (Wildman–Crippen LogP) is 2.54. The first kappa shape index (κ1) is 23.6. The summed E-state index contributed by atoms with van der Waals surface area (Å²) in [5, 5.41) is 3.13. The minimum Gasteiger partial charge on any atom is -0.497 e. The van der Waals surface area contributed by atoms with Crippen LogP contribution < -0.4 is 24.2 Å². The Hall–Kier alpha value is -2.69. The summed E-state index contributed by atoms with van der Waals surface area (Å²) in [6.45, 7) is 0.313. The highest BCUT2D eigenvalue weighted by Gasteiger charge is 2.26. The number of nitrogens with one attached hydrogen (secondary N) is 2. The third kappa shape index (κ3) is 5.68. The molecule has 30 heavy (non-hydrogen) atoms. The van der Waals surface area contributed by atoms with Crippen molar-refractivity contribution < 1.29 is 32.2 Å². The van der Waals surface area contributed by atoms with Gasteiger partial charge in [-0.15, -0.1) is 0 Å². The molecular weight excluding hydrogens is 436 g/mol. The number of rotatable bonds is 10. The minimum absolute atomic E-state index is 0.0467. The van der Waals surface area contributed by atoms with Crippen LogP contribution in [0.25, 0.3) is 0 Å². The molecule has 0 atom stereocenters. The van der Waals surface area contributed by atoms with Crippen LogP contribution in [0.4, 0.5) is 5.69 Å². The molecule has 164 valence electrons. The van der Waals surface area contributed by atoms with Gasteiger partial charge in [-0.2, -0.15) is 0 Å². The second-order valence-electron chi connectivity index (χ2n) is 5.90. The highest BCUT2D eigenvalue weighted by molar-refractivity contribution is 7.89. The fraction of sp³-hybridized carbons (Fsp3) is 0.316. The van der Waals surface area contributed by atoms with E-state index < -0.39 is 16.0 Å². The fourth-order valence-electron chi connectivity index (χ4n) is 2.62. The van der Waals surface area contributed by atoms with E-state index in [1.54, 1.807) is 18.2 Å². The van der Waals surface area contributed by atoms with Crippen LogP contribution in [0.1, 0.15) is 10.4 Å². The number of halogens is 1. The van der Waals surface area contributed by atoms with Gasteiger partial charge in [0.1, 0.15) is 22.0 Å². The molecule has 2 N–H and O–H groups in total. The van der Waals surface area contributed by atoms with Gasteiger partial charge in [0, 0.05) is 42.0 Å². The van der Waals surface area contributed by atoms with Crippen molar-refractivity contribution >= 4 is 33.3 Å². The first-order valence-electron chi connectivity index (χ1n) is 8.68. The Balaban J connectivity index is 2.15. The van der Waals surface area contributed by atoms with Crippen molar-refractivity contribution in [3.8, 4) is 17.2 Å². The Kier molecular flexibility index (Phi) is 8.16. The van der Waals surface area contributed by atoms with Crippen molar-refractivity contribution in [2.75, 3.05) is 46.8 Å². The maximum atomic E-state index is 12.8. The van der Waals surface area contributed by atoms with Crippen molar-refractivity contribution in [3.05, 3.63) is 40.9 Å². The van der Waals surface area contributed by atoms with Crippen LogP contribution in [-0.4, -0.2) is 55.9 Å². The number of benzene rings is 2. The van der Waals surface area contributed by atoms with Gasteiger partial charge in [0.2, 0.25) is 10.0 Å². The molecule has 0 saturated carbocycles. The van der Waals surface area contributed by atoms with E-state index in [1.807, 2.05) is 0 Å². The molecule has 0 bridgehead atoms. The molecular formula is C19H23ClN2O7S. The molecule has 2 rings (SSSR count). The van der Waals surface area contributed by atoms with Gasteiger partial charge in [-0.25, -0.2) is 17.9 Å². The number of esters is 1. The molecule has 0 amide bonds. The van der Waals surface area contributed by atoms with E-state index in [0.29, 0.717) is 17.2 Å². The SMILES string of the molecule is COC(=O)c1cc(Cl)cc(S(=O)(=O)NCCNc2cc(OC)cc(OC)c2)c1OC. The molecule has 0 aliphatic heterocycles. The Morgan fingerprint density at radius 2 is 1.57 bits per heavy atom. The van der Waals surface area contributed by atoms with Crippen LogP contribution in [-0.2, 0) is 14.8 Å². The Morgan fingerprint density at radius 1 is 0.933 bits per heavy atom. The largest absolute Gasteiger partial charge is 0.497 e. The average molecular weight is 459 g/mol. The molecule has 0 spiro atoms. The van der Waals surface area contributed by atoms with Gasteiger partial charge in [0.05, 0.1) is 28.4 Å². The number of anilines is 1. The lowest BCUT2D eigenvalue weighted by atomic mass is 10.2. The van der Waals surface area contributed by atoms with Crippen LogP contribution in [0.5, 0.6) is 17.2 Å². The average Bonchev–Trinajstić information content (AvgIpc) is 2.75. The minimum atomic E-state index is -4.03. The maximum absolute atomic E-state index is 12.8. The fourth-order valence-corrected chi connectivity index (χ4v) is 4.15. The number of hydrogen-bond acceptors (Lipinski definition) is 8. The molecule has 0 heterocycles. The van der Waals surface area contributed by atoms with E-state index >= 15 is 0 Å². The molecule has 0 saturated heterocycles. The zero-order valence-electron chi connectivity index (χ0n) is 16.9. The smallest absolute Gasteiger partial charge is 0.341 e. The lowest BCUT2D eigenvalue weighted by molar-refractivity contribution is 0.0596. The molecule has 2 aromatic carbocycles. The lowest BCUT2D eigenvalue weighted by Crippen LogP contribution is -2.29. The Labute approximate surface area is 180 Å². The molecule has 0 aromatic heterocycles. The standard InChI is InChI=1S/C19H23ClN2O7S/c1-26-14-9-13(10-15(11-14)27-2)21-5-6-22-30(24,25)17-8-12(20)7-16(18(17)28-3)19(23)29-4/h7-11,21-22H,5-6H2,1-4H3. The summed E-state index contributed by atoms with van der Waals surface area (Å²) in [6.07, 6.45) is 0. The highest BCUT2D eigenvalue weighted by Crippen LogP contribution is 2.32. The van der Waals surface area contributed by atoms with Crippen molar-refractivity contribution in [2.45, 2.75) is 4.90 Å². The molecule has 11 heteroatoms. The van der Waals surface area contributed by atoms with Crippen LogP contribution >= 0.6 is 11.6 Å². The van der Waals surface area contributed by atoms with Crippen molar-refractivity contribution in [1.82, 2.24) is 4.72 Å². The van der Waals surface area contributed by atoms with Gasteiger partial charge in [0.15, 0.2) is 5.75 Å². The monoisotopic (exact) mass is 458 g/mol. The van der Waals surface area contributed by atoms with Crippen LogP contribution in [0.15, 0.2) is 35.2 Å². The third-order valence-electron chi connectivity index (χ3n) is 4.02. The number of ether oxygens (including phenoxy) is 4. The molecule has 0 unspecified atom stereocenters. The van der Waals surface area contributed by atoms with E-state index in [1.165, 1.54) is 40.6 Å². The van der Waals surface area contributed by atoms with Gasteiger partial charge in [-0.3, -0.25) is 0 Å². The van der Waals surface area contributed by atoms with E-state index in [9.17, 15) is 13.2 Å². The summed E-state index contributed by atoms with van der Waals surface area (Å²) in [5.74, 6) is 0.275. The van der Waals surface area contributed by atoms with E-state index in [0.717, 1.165) is 0 Å². The first-order chi connectivity index (χ1) is 14.2. The molecule has 0 aliphatic rings. The molecule has 2 aromatic rings. The van der Waals surface area contributed by atoms with Crippen molar-refractivity contribution in [1.29, 1.82) is 0 Å². The first-order valence-corrected chi connectivity index (χ1v) is 10.5. The summed E-state index contributed by atoms with van der Waals surface area (Å²) in [5.41, 5.74) is 0.605. The van der Waals surface area contributed by atoms with Crippen LogP contribution in [0, 0.1) is 0 Å². The van der Waals surface area contributed by atoms with Gasteiger partial charge >= 0.3 is 5.97 Å². The summed E-state index contributed by atoms with van der Waals surface area (Å²) in [7, 11) is 1.48. The number of methoxy groups -OCH3 is 4. The Morgan fingerprint density at radius 3 is 2.10 bits per heavy atom. The normalized spacial score (nSPS) is 11.0. The topological polar surface area (TPSA) is 112 Å². The van der Waals surface area contributed by atoms with Crippen LogP contribution in [0.2, 0.25) is 5.02 Å². The quantitative estimate of drug-likeness (QED) is 0.412. The zero-order valence-corrected chi connectivity index (χ0v) is 18.5. The van der Waals surface area contributed by atoms with Gasteiger partial charge in [-0.05, 0) is 12.1 Å². The molecule has 0 aliphatic carbocycles. The molecule has 0 fully saturated rings. The number of carbonyl (C=O) groups excluding carboxylic acids is 1. The van der Waals surface area contributed by atoms with E-state index in [4.69, 9.17) is 25.8 Å².